The number of hydrogen-bond donors (Lipinski definition) is 1. The lowest BCUT2D eigenvalue weighted by Gasteiger charge is -2.35. The van der Waals surface area contributed by atoms with Crippen LogP contribution in [0.25, 0.3) is 0 Å². The van der Waals surface area contributed by atoms with Crippen molar-refractivity contribution in [2.24, 2.45) is 0 Å². The van der Waals surface area contributed by atoms with Gasteiger partial charge in [0.1, 0.15) is 5.75 Å². The van der Waals surface area contributed by atoms with Gasteiger partial charge in [-0.1, -0.05) is 12.1 Å². The number of nitrogens with one attached hydrogen (secondary N) is 1. The highest BCUT2D eigenvalue weighted by Gasteiger charge is 2.26. The molecule has 0 radical (unpaired) electrons. The molecule has 2 saturated heterocycles. The Hall–Kier alpha value is -1.10. The molecule has 4 nitrogen and oxygen atoms in total. The van der Waals surface area contributed by atoms with E-state index in [2.05, 4.69) is 53.2 Å². The zero-order valence-corrected chi connectivity index (χ0v) is 14.6. The molecule has 0 bridgehead atoms. The second-order valence-electron chi connectivity index (χ2n) is 7.05. The minimum atomic E-state index is 0.232. The number of likely N-dealkylation sites (tertiary alicyclic amines) is 1. The lowest BCUT2D eigenvalue weighted by atomic mass is 10.0. The van der Waals surface area contributed by atoms with Crippen molar-refractivity contribution in [1.29, 1.82) is 0 Å². The highest BCUT2D eigenvalue weighted by molar-refractivity contribution is 5.29. The van der Waals surface area contributed by atoms with Crippen LogP contribution in [0.5, 0.6) is 5.75 Å². The quantitative estimate of drug-likeness (QED) is 0.872. The van der Waals surface area contributed by atoms with Gasteiger partial charge in [-0.3, -0.25) is 9.80 Å². The molecule has 2 aliphatic rings. The number of piperazine rings is 1. The van der Waals surface area contributed by atoms with E-state index >= 15 is 0 Å². The third-order valence-corrected chi connectivity index (χ3v) is 4.86. The molecule has 1 aromatic carbocycles. The second-order valence-corrected chi connectivity index (χ2v) is 7.05. The summed E-state index contributed by atoms with van der Waals surface area (Å²) in [7, 11) is 0. The second kappa shape index (κ2) is 8.13. The van der Waals surface area contributed by atoms with Crippen molar-refractivity contribution in [3.63, 3.8) is 0 Å². The molecule has 0 aromatic heterocycles. The van der Waals surface area contributed by atoms with Gasteiger partial charge in [-0.05, 0) is 57.5 Å². The fourth-order valence-electron chi connectivity index (χ4n) is 3.66. The molecule has 128 valence electrons. The SMILES string of the molecule is CC(C)Oc1ccc(C(CN2CCNCC2)N2CCCC2)cc1. The summed E-state index contributed by atoms with van der Waals surface area (Å²) >= 11 is 0. The molecule has 2 heterocycles. The Morgan fingerprint density at radius 3 is 2.26 bits per heavy atom. The molecule has 0 aliphatic carbocycles. The minimum absolute atomic E-state index is 0.232. The van der Waals surface area contributed by atoms with Gasteiger partial charge in [0.25, 0.3) is 0 Å². The maximum atomic E-state index is 5.79. The minimum Gasteiger partial charge on any atom is -0.491 e. The fourth-order valence-corrected chi connectivity index (χ4v) is 3.66. The molecule has 3 rings (SSSR count). The summed E-state index contributed by atoms with van der Waals surface area (Å²) in [6, 6.07) is 9.32. The maximum absolute atomic E-state index is 5.79. The van der Waals surface area contributed by atoms with Crippen LogP contribution in [0.3, 0.4) is 0 Å². The van der Waals surface area contributed by atoms with E-state index in [-0.39, 0.29) is 6.10 Å². The van der Waals surface area contributed by atoms with Crippen molar-refractivity contribution in [2.75, 3.05) is 45.8 Å². The van der Waals surface area contributed by atoms with Gasteiger partial charge in [-0.15, -0.1) is 0 Å². The first-order valence-corrected chi connectivity index (χ1v) is 9.16. The molecule has 4 heteroatoms. The Kier molecular flexibility index (Phi) is 5.92. The molecular formula is C19H31N3O. The maximum Gasteiger partial charge on any atom is 0.119 e. The molecule has 2 fully saturated rings. The van der Waals surface area contributed by atoms with E-state index in [0.717, 1.165) is 25.4 Å². The van der Waals surface area contributed by atoms with Crippen LogP contribution in [-0.2, 0) is 0 Å². The van der Waals surface area contributed by atoms with Crippen LogP contribution in [0.2, 0.25) is 0 Å². The van der Waals surface area contributed by atoms with Crippen LogP contribution in [0, 0.1) is 0 Å². The lowest BCUT2D eigenvalue weighted by Crippen LogP contribution is -2.47. The molecular weight excluding hydrogens is 286 g/mol. The zero-order valence-electron chi connectivity index (χ0n) is 14.6. The Morgan fingerprint density at radius 2 is 1.65 bits per heavy atom. The number of benzene rings is 1. The van der Waals surface area contributed by atoms with Crippen molar-refractivity contribution in [3.05, 3.63) is 29.8 Å². The standard InChI is InChI=1S/C19H31N3O/c1-16(2)23-18-7-5-17(6-8-18)19(22-11-3-4-12-22)15-21-13-9-20-10-14-21/h5-8,16,19-20H,3-4,9-15H2,1-2H3. The van der Waals surface area contributed by atoms with Gasteiger partial charge < -0.3 is 10.1 Å². The Balaban J connectivity index is 1.71. The monoisotopic (exact) mass is 317 g/mol. The first-order valence-electron chi connectivity index (χ1n) is 9.16. The van der Waals surface area contributed by atoms with E-state index in [1.54, 1.807) is 0 Å². The molecule has 0 spiro atoms. The summed E-state index contributed by atoms with van der Waals surface area (Å²) in [5.41, 5.74) is 1.43. The van der Waals surface area contributed by atoms with Crippen molar-refractivity contribution in [1.82, 2.24) is 15.1 Å². The van der Waals surface area contributed by atoms with Crippen LogP contribution < -0.4 is 10.1 Å². The van der Waals surface area contributed by atoms with Crippen LogP contribution >= 0.6 is 0 Å². The molecule has 1 aromatic rings. The highest BCUT2D eigenvalue weighted by Crippen LogP contribution is 2.28. The summed E-state index contributed by atoms with van der Waals surface area (Å²) in [6.07, 6.45) is 2.91. The van der Waals surface area contributed by atoms with Crippen LogP contribution in [0.15, 0.2) is 24.3 Å². The fraction of sp³-hybridized carbons (Fsp3) is 0.684. The first-order chi connectivity index (χ1) is 11.2. The molecule has 1 N–H and O–H groups in total. The van der Waals surface area contributed by atoms with Crippen LogP contribution in [0.1, 0.15) is 38.3 Å². The van der Waals surface area contributed by atoms with Crippen LogP contribution in [0.4, 0.5) is 0 Å². The van der Waals surface area contributed by atoms with Gasteiger partial charge in [0.15, 0.2) is 0 Å². The Bertz CT molecular complexity index is 462. The summed E-state index contributed by atoms with van der Waals surface area (Å²) < 4.78 is 5.79. The molecule has 2 aliphatic heterocycles. The van der Waals surface area contributed by atoms with Gasteiger partial charge in [0.05, 0.1) is 6.10 Å². The summed E-state index contributed by atoms with van der Waals surface area (Å²) in [4.78, 5) is 5.28. The van der Waals surface area contributed by atoms with Crippen LogP contribution in [-0.4, -0.2) is 61.7 Å². The molecule has 1 unspecified atom stereocenters. The van der Waals surface area contributed by atoms with E-state index in [1.165, 1.54) is 44.6 Å². The van der Waals surface area contributed by atoms with E-state index in [1.807, 2.05) is 0 Å². The average molecular weight is 317 g/mol. The van der Waals surface area contributed by atoms with Gasteiger partial charge >= 0.3 is 0 Å². The Morgan fingerprint density at radius 1 is 1.00 bits per heavy atom. The normalized spacial score (nSPS) is 21.7. The summed E-state index contributed by atoms with van der Waals surface area (Å²) in [6.45, 7) is 12.3. The molecule has 0 saturated carbocycles. The van der Waals surface area contributed by atoms with Gasteiger partial charge in [0, 0.05) is 38.8 Å². The molecule has 1 atom stereocenters. The number of rotatable bonds is 6. The smallest absolute Gasteiger partial charge is 0.119 e. The van der Waals surface area contributed by atoms with E-state index in [9.17, 15) is 0 Å². The van der Waals surface area contributed by atoms with Crippen molar-refractivity contribution in [3.8, 4) is 5.75 Å². The van der Waals surface area contributed by atoms with Crippen molar-refractivity contribution >= 4 is 0 Å². The Labute approximate surface area is 140 Å². The van der Waals surface area contributed by atoms with E-state index < -0.39 is 0 Å². The molecule has 0 amide bonds. The number of nitrogens with zero attached hydrogens (tertiary/aromatic N) is 2. The van der Waals surface area contributed by atoms with Gasteiger partial charge in [-0.25, -0.2) is 0 Å². The predicted molar refractivity (Wildman–Crippen MR) is 95.1 cm³/mol. The largest absolute Gasteiger partial charge is 0.491 e. The van der Waals surface area contributed by atoms with Gasteiger partial charge in [-0.2, -0.15) is 0 Å². The van der Waals surface area contributed by atoms with E-state index in [0.29, 0.717) is 6.04 Å². The average Bonchev–Trinajstić information content (AvgIpc) is 3.08. The molecule has 23 heavy (non-hydrogen) atoms. The first kappa shape index (κ1) is 16.7. The lowest BCUT2D eigenvalue weighted by molar-refractivity contribution is 0.149. The highest BCUT2D eigenvalue weighted by atomic mass is 16.5. The topological polar surface area (TPSA) is 27.7 Å². The van der Waals surface area contributed by atoms with Crippen molar-refractivity contribution in [2.45, 2.75) is 38.8 Å². The predicted octanol–water partition coefficient (Wildman–Crippen LogP) is 2.52. The summed E-state index contributed by atoms with van der Waals surface area (Å²) in [5, 5.41) is 3.45. The third kappa shape index (κ3) is 4.69. The van der Waals surface area contributed by atoms with E-state index in [4.69, 9.17) is 4.74 Å². The van der Waals surface area contributed by atoms with Gasteiger partial charge in [0.2, 0.25) is 0 Å². The number of hydrogen-bond acceptors (Lipinski definition) is 4. The zero-order chi connectivity index (χ0) is 16.1. The van der Waals surface area contributed by atoms with Crippen molar-refractivity contribution < 1.29 is 4.74 Å². The number of ether oxygens (including phenoxy) is 1. The summed E-state index contributed by atoms with van der Waals surface area (Å²) in [5.74, 6) is 0.978. The third-order valence-electron chi connectivity index (χ3n) is 4.86.